The van der Waals surface area contributed by atoms with Crippen molar-refractivity contribution >= 4 is 5.91 Å². The van der Waals surface area contributed by atoms with Crippen LogP contribution in [0, 0.1) is 11.3 Å². The van der Waals surface area contributed by atoms with E-state index in [4.69, 9.17) is 5.73 Å². The molecule has 2 aliphatic rings. The van der Waals surface area contributed by atoms with Crippen molar-refractivity contribution in [2.45, 2.75) is 51.5 Å². The molecule has 0 heterocycles. The normalized spacial score (nSPS) is 35.5. The Labute approximate surface area is 91.8 Å². The molecular formula is C12H22N2O. The number of hydrogen-bond acceptors (Lipinski definition) is 2. The molecule has 2 fully saturated rings. The van der Waals surface area contributed by atoms with Gasteiger partial charge in [0, 0.05) is 12.6 Å². The number of carbonyl (C=O) groups is 1. The van der Waals surface area contributed by atoms with Crippen molar-refractivity contribution in [3.63, 3.8) is 0 Å². The first-order chi connectivity index (χ1) is 7.13. The van der Waals surface area contributed by atoms with Gasteiger partial charge in [-0.2, -0.15) is 0 Å². The minimum Gasteiger partial charge on any atom is -0.356 e. The van der Waals surface area contributed by atoms with Gasteiger partial charge in [0.1, 0.15) is 0 Å². The maximum atomic E-state index is 12.0. The van der Waals surface area contributed by atoms with E-state index >= 15 is 0 Å². The summed E-state index contributed by atoms with van der Waals surface area (Å²) in [7, 11) is 0. The molecule has 1 amide bonds. The van der Waals surface area contributed by atoms with E-state index < -0.39 is 0 Å². The molecule has 2 saturated carbocycles. The number of nitrogens with one attached hydrogen (secondary N) is 1. The molecule has 2 atom stereocenters. The van der Waals surface area contributed by atoms with Gasteiger partial charge in [-0.05, 0) is 32.1 Å². The van der Waals surface area contributed by atoms with Crippen LogP contribution in [-0.4, -0.2) is 18.5 Å². The van der Waals surface area contributed by atoms with Gasteiger partial charge in [0.05, 0.1) is 5.41 Å². The highest BCUT2D eigenvalue weighted by Gasteiger charge is 2.42. The lowest BCUT2D eigenvalue weighted by Gasteiger charge is -2.27. The lowest BCUT2D eigenvalue weighted by Crippen LogP contribution is -2.47. The lowest BCUT2D eigenvalue weighted by atomic mass is 9.84. The van der Waals surface area contributed by atoms with Crippen molar-refractivity contribution in [1.29, 1.82) is 0 Å². The summed E-state index contributed by atoms with van der Waals surface area (Å²) in [5.41, 5.74) is 5.70. The van der Waals surface area contributed by atoms with Crippen molar-refractivity contribution < 1.29 is 4.79 Å². The maximum Gasteiger partial charge on any atom is 0.227 e. The quantitative estimate of drug-likeness (QED) is 0.737. The average molecular weight is 210 g/mol. The van der Waals surface area contributed by atoms with Crippen LogP contribution in [0.25, 0.3) is 0 Å². The van der Waals surface area contributed by atoms with Crippen LogP contribution >= 0.6 is 0 Å². The Kier molecular flexibility index (Phi) is 3.01. The van der Waals surface area contributed by atoms with Crippen molar-refractivity contribution in [3.8, 4) is 0 Å². The van der Waals surface area contributed by atoms with Crippen molar-refractivity contribution in [1.82, 2.24) is 5.32 Å². The molecule has 0 aromatic carbocycles. The number of rotatable bonds is 4. The standard InChI is InChI=1S/C12H22N2O/c1-12(7-2-3-10(12)13)11(15)14-8-6-9-4-5-9/h9-10H,2-8,13H2,1H3,(H,14,15). The molecular weight excluding hydrogens is 188 g/mol. The largest absolute Gasteiger partial charge is 0.356 e. The topological polar surface area (TPSA) is 55.1 Å². The van der Waals surface area contributed by atoms with Gasteiger partial charge in [-0.15, -0.1) is 0 Å². The summed E-state index contributed by atoms with van der Waals surface area (Å²) < 4.78 is 0. The zero-order chi connectivity index (χ0) is 10.9. The van der Waals surface area contributed by atoms with Crippen LogP contribution in [0.2, 0.25) is 0 Å². The second kappa shape index (κ2) is 4.12. The van der Waals surface area contributed by atoms with E-state index in [1.807, 2.05) is 6.92 Å². The van der Waals surface area contributed by atoms with Gasteiger partial charge in [-0.3, -0.25) is 4.79 Å². The third-order valence-corrected chi connectivity index (χ3v) is 4.08. The first-order valence-corrected chi connectivity index (χ1v) is 6.17. The number of amides is 1. The molecule has 0 bridgehead atoms. The molecule has 0 saturated heterocycles. The fourth-order valence-electron chi connectivity index (χ4n) is 2.47. The second-order valence-corrected chi connectivity index (χ2v) is 5.40. The summed E-state index contributed by atoms with van der Waals surface area (Å²) in [4.78, 5) is 12.0. The summed E-state index contributed by atoms with van der Waals surface area (Å²) >= 11 is 0. The molecule has 3 N–H and O–H groups in total. The van der Waals surface area contributed by atoms with Gasteiger partial charge in [-0.25, -0.2) is 0 Å². The second-order valence-electron chi connectivity index (χ2n) is 5.40. The summed E-state index contributed by atoms with van der Waals surface area (Å²) in [6, 6.07) is 0.0541. The maximum absolute atomic E-state index is 12.0. The minimum atomic E-state index is -0.302. The van der Waals surface area contributed by atoms with Crippen LogP contribution in [0.3, 0.4) is 0 Å². The van der Waals surface area contributed by atoms with E-state index in [2.05, 4.69) is 5.32 Å². The Morgan fingerprint density at radius 3 is 2.73 bits per heavy atom. The predicted molar refractivity (Wildman–Crippen MR) is 60.3 cm³/mol. The number of carbonyl (C=O) groups excluding carboxylic acids is 1. The molecule has 86 valence electrons. The SMILES string of the molecule is CC1(C(=O)NCCC2CC2)CCCC1N. The Morgan fingerprint density at radius 1 is 1.47 bits per heavy atom. The third-order valence-electron chi connectivity index (χ3n) is 4.08. The average Bonchev–Trinajstić information content (AvgIpc) is 2.95. The zero-order valence-electron chi connectivity index (χ0n) is 9.59. The zero-order valence-corrected chi connectivity index (χ0v) is 9.59. The van der Waals surface area contributed by atoms with Gasteiger partial charge in [0.25, 0.3) is 0 Å². The Balaban J connectivity index is 1.77. The highest BCUT2D eigenvalue weighted by atomic mass is 16.2. The van der Waals surface area contributed by atoms with E-state index in [9.17, 15) is 4.79 Å². The molecule has 3 nitrogen and oxygen atoms in total. The van der Waals surface area contributed by atoms with Crippen LogP contribution in [0.15, 0.2) is 0 Å². The predicted octanol–water partition coefficient (Wildman–Crippen LogP) is 1.42. The van der Waals surface area contributed by atoms with Gasteiger partial charge in [0.15, 0.2) is 0 Å². The van der Waals surface area contributed by atoms with E-state index in [0.717, 1.165) is 38.1 Å². The summed E-state index contributed by atoms with van der Waals surface area (Å²) in [5.74, 6) is 1.06. The van der Waals surface area contributed by atoms with E-state index in [1.165, 1.54) is 12.8 Å². The Bertz CT molecular complexity index is 250. The first kappa shape index (κ1) is 10.9. The highest BCUT2D eigenvalue weighted by Crippen LogP contribution is 2.37. The molecule has 0 aromatic heterocycles. The van der Waals surface area contributed by atoms with Crippen LogP contribution < -0.4 is 11.1 Å². The molecule has 0 spiro atoms. The number of hydrogen-bond donors (Lipinski definition) is 2. The van der Waals surface area contributed by atoms with Gasteiger partial charge < -0.3 is 11.1 Å². The van der Waals surface area contributed by atoms with E-state index in [1.54, 1.807) is 0 Å². The van der Waals surface area contributed by atoms with Crippen molar-refractivity contribution in [2.24, 2.45) is 17.1 Å². The molecule has 2 unspecified atom stereocenters. The Morgan fingerprint density at radius 2 is 2.20 bits per heavy atom. The van der Waals surface area contributed by atoms with Crippen LogP contribution in [0.1, 0.15) is 45.4 Å². The van der Waals surface area contributed by atoms with Crippen LogP contribution in [0.4, 0.5) is 0 Å². The molecule has 2 aliphatic carbocycles. The van der Waals surface area contributed by atoms with Gasteiger partial charge >= 0.3 is 0 Å². The Hall–Kier alpha value is -0.570. The van der Waals surface area contributed by atoms with Crippen LogP contribution in [-0.2, 0) is 4.79 Å². The molecule has 0 aromatic rings. The van der Waals surface area contributed by atoms with Gasteiger partial charge in [-0.1, -0.05) is 19.3 Å². The monoisotopic (exact) mass is 210 g/mol. The lowest BCUT2D eigenvalue weighted by molar-refractivity contribution is -0.130. The summed E-state index contributed by atoms with van der Waals surface area (Å²) in [6.07, 6.45) is 6.89. The summed E-state index contributed by atoms with van der Waals surface area (Å²) in [6.45, 7) is 2.85. The third kappa shape index (κ3) is 2.33. The van der Waals surface area contributed by atoms with Crippen molar-refractivity contribution in [2.75, 3.05) is 6.54 Å². The first-order valence-electron chi connectivity index (χ1n) is 6.17. The fraction of sp³-hybridized carbons (Fsp3) is 0.917. The molecule has 0 radical (unpaired) electrons. The van der Waals surface area contributed by atoms with Crippen molar-refractivity contribution in [3.05, 3.63) is 0 Å². The van der Waals surface area contributed by atoms with Gasteiger partial charge in [0.2, 0.25) is 5.91 Å². The smallest absolute Gasteiger partial charge is 0.227 e. The summed E-state index contributed by atoms with van der Waals surface area (Å²) in [5, 5.41) is 3.05. The molecule has 0 aliphatic heterocycles. The minimum absolute atomic E-state index is 0.0541. The van der Waals surface area contributed by atoms with E-state index in [-0.39, 0.29) is 17.4 Å². The molecule has 2 rings (SSSR count). The number of nitrogens with two attached hydrogens (primary N) is 1. The van der Waals surface area contributed by atoms with E-state index in [0.29, 0.717) is 0 Å². The molecule has 3 heteroatoms. The highest BCUT2D eigenvalue weighted by molar-refractivity contribution is 5.83. The fourth-order valence-corrected chi connectivity index (χ4v) is 2.47. The molecule has 15 heavy (non-hydrogen) atoms. The van der Waals surface area contributed by atoms with Crippen LogP contribution in [0.5, 0.6) is 0 Å².